The summed E-state index contributed by atoms with van der Waals surface area (Å²) in [5.41, 5.74) is 0. The third-order valence-electron chi connectivity index (χ3n) is 7.46. The van der Waals surface area contributed by atoms with Crippen LogP contribution in [-0.2, 0) is 18.4 Å². The van der Waals surface area contributed by atoms with Gasteiger partial charge in [-0.05, 0) is 64.2 Å². The molecule has 0 bridgehead atoms. The molecule has 0 spiro atoms. The van der Waals surface area contributed by atoms with E-state index in [2.05, 4.69) is 92.1 Å². The van der Waals surface area contributed by atoms with Gasteiger partial charge in [0.25, 0.3) is 7.82 Å². The highest BCUT2D eigenvalue weighted by molar-refractivity contribution is 7.45. The molecular weight excluding hydrogens is 623 g/mol. The zero-order valence-electron chi connectivity index (χ0n) is 30.9. The van der Waals surface area contributed by atoms with E-state index in [4.69, 9.17) is 9.05 Å². The molecule has 0 aromatic heterocycles. The fourth-order valence-electron chi connectivity index (χ4n) is 4.51. The first-order chi connectivity index (χ1) is 23.0. The minimum absolute atomic E-state index is 0.000446. The maximum atomic E-state index is 12.6. The first-order valence-electron chi connectivity index (χ1n) is 18.3. The van der Waals surface area contributed by atoms with E-state index in [-0.39, 0.29) is 19.1 Å². The van der Waals surface area contributed by atoms with Gasteiger partial charge in [-0.1, -0.05) is 119 Å². The number of amides is 1. The monoisotopic (exact) mass is 692 g/mol. The van der Waals surface area contributed by atoms with Crippen molar-refractivity contribution in [1.29, 1.82) is 0 Å². The molecule has 0 aromatic carbocycles. The predicted octanol–water partition coefficient (Wildman–Crippen LogP) is 8.66. The number of rotatable bonds is 31. The highest BCUT2D eigenvalue weighted by Gasteiger charge is 2.24. The molecule has 0 aliphatic rings. The van der Waals surface area contributed by atoms with Gasteiger partial charge in [0, 0.05) is 6.42 Å². The zero-order valence-corrected chi connectivity index (χ0v) is 31.8. The number of likely N-dealkylation sites (N-methyl/N-ethyl adjacent to an activating group) is 1. The largest absolute Gasteiger partial charge is 0.756 e. The van der Waals surface area contributed by atoms with Gasteiger partial charge in [-0.2, -0.15) is 0 Å². The smallest absolute Gasteiger partial charge is 0.268 e. The number of hydrogen-bond acceptors (Lipinski definition) is 6. The molecule has 8 nitrogen and oxygen atoms in total. The molecule has 3 atom stereocenters. The Morgan fingerprint density at radius 1 is 0.750 bits per heavy atom. The van der Waals surface area contributed by atoms with Crippen LogP contribution in [0.2, 0.25) is 0 Å². The Bertz CT molecular complexity index is 1010. The van der Waals surface area contributed by atoms with E-state index in [9.17, 15) is 19.4 Å². The second-order valence-electron chi connectivity index (χ2n) is 13.2. The van der Waals surface area contributed by atoms with Crippen LogP contribution in [0.3, 0.4) is 0 Å². The van der Waals surface area contributed by atoms with E-state index in [0.717, 1.165) is 89.9 Å². The van der Waals surface area contributed by atoms with Crippen molar-refractivity contribution in [2.24, 2.45) is 0 Å². The van der Waals surface area contributed by atoms with Gasteiger partial charge in [-0.3, -0.25) is 9.36 Å². The predicted molar refractivity (Wildman–Crippen MR) is 200 cm³/mol. The third kappa shape index (κ3) is 32.5. The summed E-state index contributed by atoms with van der Waals surface area (Å²) < 4.78 is 22.8. The first kappa shape index (κ1) is 45.9. The minimum Gasteiger partial charge on any atom is -0.756 e. The number of carbonyl (C=O) groups excluding carboxylic acids is 1. The second kappa shape index (κ2) is 31.0. The Kier molecular flexibility index (Phi) is 29.6. The van der Waals surface area contributed by atoms with Gasteiger partial charge in [0.2, 0.25) is 5.91 Å². The van der Waals surface area contributed by atoms with Crippen LogP contribution in [0.4, 0.5) is 0 Å². The van der Waals surface area contributed by atoms with Crippen molar-refractivity contribution in [2.75, 3.05) is 40.9 Å². The maximum absolute atomic E-state index is 12.6. The lowest BCUT2D eigenvalue weighted by molar-refractivity contribution is -0.870. The van der Waals surface area contributed by atoms with Crippen LogP contribution in [0.25, 0.3) is 0 Å². The van der Waals surface area contributed by atoms with E-state index in [0.29, 0.717) is 23.9 Å². The molecule has 0 saturated carbocycles. The summed E-state index contributed by atoms with van der Waals surface area (Å²) in [7, 11) is 1.26. The molecule has 0 heterocycles. The maximum Gasteiger partial charge on any atom is 0.268 e. The second-order valence-corrected chi connectivity index (χ2v) is 14.6. The van der Waals surface area contributed by atoms with E-state index in [1.165, 1.54) is 0 Å². The van der Waals surface area contributed by atoms with E-state index in [1.54, 1.807) is 0 Å². The molecule has 0 radical (unpaired) electrons. The number of aliphatic hydroxyl groups excluding tert-OH is 1. The lowest BCUT2D eigenvalue weighted by Gasteiger charge is -2.30. The molecular formula is C39H69N2O6P. The molecule has 48 heavy (non-hydrogen) atoms. The van der Waals surface area contributed by atoms with Crippen LogP contribution < -0.4 is 10.2 Å². The van der Waals surface area contributed by atoms with E-state index >= 15 is 0 Å². The normalized spacial score (nSPS) is 15.6. The number of nitrogens with one attached hydrogen (secondary N) is 1. The lowest BCUT2D eigenvalue weighted by Crippen LogP contribution is -2.46. The highest BCUT2D eigenvalue weighted by atomic mass is 31.2. The topological polar surface area (TPSA) is 108 Å². The van der Waals surface area contributed by atoms with E-state index in [1.807, 2.05) is 21.1 Å². The fraction of sp³-hybridized carbons (Fsp3) is 0.667. The molecule has 2 N–H and O–H groups in total. The molecule has 0 fully saturated rings. The number of carbonyl (C=O) groups is 1. The van der Waals surface area contributed by atoms with Crippen molar-refractivity contribution >= 4 is 13.7 Å². The van der Waals surface area contributed by atoms with Crippen LogP contribution in [0, 0.1) is 0 Å². The standard InChI is InChI=1S/C39H69N2O6P/c1-6-8-10-11-12-13-14-15-16-17-18-19-20-21-22-23-24-25-26-27-28-29-31-33-39(43)40-37(38(42)32-30-9-7-2)36-47-48(44,45)46-35-34-41(3,4)5/h8,10,12-13,15-16,18-19,21-22,24-25,37-38,42H,6-7,9,11,14,17,20,23,26-36H2,1-5H3,(H-,40,43,44,45)/b10-8-,13-12-,16-15-,19-18-,22-21-,25-24-. The SMILES string of the molecule is CC/C=C\C/C=C\C/C=C\C/C=C\C/C=C\C/C=C\CCCCCCC(=O)NC(COP(=O)([O-])OCC[N+](C)(C)C)C(O)CCCCC. The van der Waals surface area contributed by atoms with Crippen LogP contribution in [0.5, 0.6) is 0 Å². The molecule has 0 rings (SSSR count). The lowest BCUT2D eigenvalue weighted by atomic mass is 10.0. The number of hydrogen-bond donors (Lipinski definition) is 2. The average molecular weight is 693 g/mol. The molecule has 0 aromatic rings. The van der Waals surface area contributed by atoms with Gasteiger partial charge in [0.05, 0.1) is 39.9 Å². The average Bonchev–Trinajstić information content (AvgIpc) is 3.02. The van der Waals surface area contributed by atoms with Crippen LogP contribution >= 0.6 is 7.82 Å². The minimum atomic E-state index is -4.55. The number of phosphoric acid groups is 1. The van der Waals surface area contributed by atoms with Crippen LogP contribution in [-0.4, -0.2) is 68.5 Å². The summed E-state index contributed by atoms with van der Waals surface area (Å²) in [6, 6.07) is -0.813. The molecule has 0 saturated heterocycles. The quantitative estimate of drug-likeness (QED) is 0.0326. The van der Waals surface area contributed by atoms with Gasteiger partial charge in [0.1, 0.15) is 13.2 Å². The fourth-order valence-corrected chi connectivity index (χ4v) is 5.23. The summed E-state index contributed by atoms with van der Waals surface area (Å²) in [5, 5.41) is 13.5. The van der Waals surface area contributed by atoms with Crippen molar-refractivity contribution < 1.29 is 32.9 Å². The van der Waals surface area contributed by atoms with Crippen molar-refractivity contribution in [3.05, 3.63) is 72.9 Å². The number of unbranched alkanes of at least 4 members (excludes halogenated alkanes) is 6. The van der Waals surface area contributed by atoms with Gasteiger partial charge < -0.3 is 28.8 Å². The van der Waals surface area contributed by atoms with Crippen LogP contribution in [0.15, 0.2) is 72.9 Å². The van der Waals surface area contributed by atoms with Gasteiger partial charge in [0.15, 0.2) is 0 Å². The Labute approximate surface area is 294 Å². The Morgan fingerprint density at radius 3 is 1.79 bits per heavy atom. The van der Waals surface area contributed by atoms with E-state index < -0.39 is 20.0 Å². The van der Waals surface area contributed by atoms with Gasteiger partial charge in [-0.25, -0.2) is 0 Å². The summed E-state index contributed by atoms with van der Waals surface area (Å²) in [6.07, 6.45) is 39.9. The summed E-state index contributed by atoms with van der Waals surface area (Å²) >= 11 is 0. The first-order valence-corrected chi connectivity index (χ1v) is 19.7. The van der Waals surface area contributed by atoms with Crippen molar-refractivity contribution in [3.63, 3.8) is 0 Å². The molecule has 9 heteroatoms. The van der Waals surface area contributed by atoms with Crippen LogP contribution in [0.1, 0.15) is 117 Å². The Morgan fingerprint density at radius 2 is 1.27 bits per heavy atom. The molecule has 0 aliphatic heterocycles. The number of phosphoric ester groups is 1. The van der Waals surface area contributed by atoms with Gasteiger partial charge >= 0.3 is 0 Å². The molecule has 276 valence electrons. The summed E-state index contributed by atoms with van der Waals surface area (Å²) in [6.45, 7) is 4.37. The Hall–Kier alpha value is -2.06. The number of quaternary nitrogens is 1. The molecule has 0 aliphatic carbocycles. The molecule has 3 unspecified atom stereocenters. The number of allylic oxidation sites excluding steroid dienone is 12. The highest BCUT2D eigenvalue weighted by Crippen LogP contribution is 2.38. The zero-order chi connectivity index (χ0) is 35.8. The van der Waals surface area contributed by atoms with Gasteiger partial charge in [-0.15, -0.1) is 0 Å². The Balaban J connectivity index is 4.17. The number of nitrogens with zero attached hydrogens (tertiary/aromatic N) is 1. The summed E-state index contributed by atoms with van der Waals surface area (Å²) in [5.74, 6) is -0.207. The van der Waals surface area contributed by atoms with Crippen molar-refractivity contribution in [1.82, 2.24) is 5.32 Å². The van der Waals surface area contributed by atoms with Crippen molar-refractivity contribution in [2.45, 2.75) is 129 Å². The number of aliphatic hydroxyl groups is 1. The van der Waals surface area contributed by atoms with Crippen molar-refractivity contribution in [3.8, 4) is 0 Å². The third-order valence-corrected chi connectivity index (χ3v) is 8.42. The summed E-state index contributed by atoms with van der Waals surface area (Å²) in [4.78, 5) is 24.9. The molecule has 1 amide bonds.